The fraction of sp³-hybridized carbons (Fsp3) is 0.200. The highest BCUT2D eigenvalue weighted by Gasteiger charge is 2.18. The van der Waals surface area contributed by atoms with Gasteiger partial charge in [0.1, 0.15) is 5.69 Å². The van der Waals surface area contributed by atoms with Gasteiger partial charge in [0, 0.05) is 12.1 Å². The van der Waals surface area contributed by atoms with Crippen LogP contribution < -0.4 is 5.32 Å². The zero-order valence-electron chi connectivity index (χ0n) is 14.2. The van der Waals surface area contributed by atoms with E-state index in [2.05, 4.69) is 24.3 Å². The van der Waals surface area contributed by atoms with Crippen molar-refractivity contribution >= 4 is 17.5 Å². The molecule has 0 aliphatic heterocycles. The number of hydrogen-bond donors (Lipinski definition) is 1. The van der Waals surface area contributed by atoms with Gasteiger partial charge in [-0.15, -0.1) is 0 Å². The summed E-state index contributed by atoms with van der Waals surface area (Å²) in [5, 5.41) is 8.19. The molecule has 4 nitrogen and oxygen atoms in total. The maximum atomic E-state index is 12.7. The van der Waals surface area contributed by atoms with E-state index in [0.717, 1.165) is 11.3 Å². The quantitative estimate of drug-likeness (QED) is 0.729. The number of benzene rings is 2. The van der Waals surface area contributed by atoms with Crippen LogP contribution in [0, 0.1) is 5.92 Å². The van der Waals surface area contributed by atoms with Gasteiger partial charge in [-0.25, -0.2) is 4.68 Å². The molecular weight excluding hydrogens is 334 g/mol. The molecular formula is C20H20ClN3O. The minimum atomic E-state index is -0.150. The second kappa shape index (κ2) is 7.53. The summed E-state index contributed by atoms with van der Waals surface area (Å²) in [6.07, 6.45) is 0. The zero-order chi connectivity index (χ0) is 17.8. The average molecular weight is 354 g/mol. The highest BCUT2D eigenvalue weighted by Crippen LogP contribution is 2.28. The van der Waals surface area contributed by atoms with Crippen molar-refractivity contribution in [1.29, 1.82) is 0 Å². The van der Waals surface area contributed by atoms with E-state index in [9.17, 15) is 4.79 Å². The number of para-hydroxylation sites is 1. The molecule has 3 rings (SSSR count). The minimum Gasteiger partial charge on any atom is -0.350 e. The highest BCUT2D eigenvalue weighted by atomic mass is 35.5. The molecule has 0 saturated carbocycles. The van der Waals surface area contributed by atoms with E-state index in [1.165, 1.54) is 0 Å². The van der Waals surface area contributed by atoms with Crippen LogP contribution in [0.15, 0.2) is 60.7 Å². The van der Waals surface area contributed by atoms with E-state index in [4.69, 9.17) is 11.6 Å². The number of hydrogen-bond acceptors (Lipinski definition) is 2. The Kier molecular flexibility index (Phi) is 5.19. The molecule has 3 aromatic rings. The molecule has 0 spiro atoms. The number of carbonyl (C=O) groups is 1. The van der Waals surface area contributed by atoms with Crippen molar-refractivity contribution in [2.75, 3.05) is 6.54 Å². The Labute approximate surface area is 152 Å². The van der Waals surface area contributed by atoms with E-state index in [0.29, 0.717) is 28.9 Å². The fourth-order valence-electron chi connectivity index (χ4n) is 2.50. The van der Waals surface area contributed by atoms with Gasteiger partial charge in [0.2, 0.25) is 0 Å². The number of aromatic nitrogens is 2. The first-order valence-corrected chi connectivity index (χ1v) is 8.62. The Morgan fingerprint density at radius 2 is 1.80 bits per heavy atom. The Hall–Kier alpha value is -2.59. The molecule has 2 aromatic carbocycles. The van der Waals surface area contributed by atoms with Gasteiger partial charge in [-0.05, 0) is 30.2 Å². The van der Waals surface area contributed by atoms with Crippen LogP contribution in [0.3, 0.4) is 0 Å². The molecule has 1 amide bonds. The summed E-state index contributed by atoms with van der Waals surface area (Å²) in [5.74, 6) is 0.225. The molecule has 0 saturated heterocycles. The van der Waals surface area contributed by atoms with E-state index < -0.39 is 0 Å². The van der Waals surface area contributed by atoms with Crippen molar-refractivity contribution in [3.8, 4) is 16.9 Å². The SMILES string of the molecule is CC(C)CNC(=O)c1cc(-c2ccccc2Cl)nn1-c1ccccc1. The monoisotopic (exact) mass is 353 g/mol. The number of amides is 1. The lowest BCUT2D eigenvalue weighted by Gasteiger charge is -2.09. The summed E-state index contributed by atoms with van der Waals surface area (Å²) >= 11 is 6.30. The molecule has 0 bridgehead atoms. The summed E-state index contributed by atoms with van der Waals surface area (Å²) in [5.41, 5.74) is 2.79. The van der Waals surface area contributed by atoms with Gasteiger partial charge in [0.05, 0.1) is 16.4 Å². The van der Waals surface area contributed by atoms with Gasteiger partial charge in [-0.1, -0.05) is 61.8 Å². The van der Waals surface area contributed by atoms with Gasteiger partial charge < -0.3 is 5.32 Å². The van der Waals surface area contributed by atoms with Gasteiger partial charge in [0.25, 0.3) is 5.91 Å². The summed E-state index contributed by atoms with van der Waals surface area (Å²) < 4.78 is 1.66. The third kappa shape index (κ3) is 3.91. The first-order valence-electron chi connectivity index (χ1n) is 8.25. The van der Waals surface area contributed by atoms with Crippen molar-refractivity contribution in [3.63, 3.8) is 0 Å². The highest BCUT2D eigenvalue weighted by molar-refractivity contribution is 6.33. The average Bonchev–Trinajstić information content (AvgIpc) is 3.06. The van der Waals surface area contributed by atoms with Crippen molar-refractivity contribution in [2.24, 2.45) is 5.92 Å². The summed E-state index contributed by atoms with van der Waals surface area (Å²) in [6.45, 7) is 4.73. The van der Waals surface area contributed by atoms with Crippen LogP contribution in [0.1, 0.15) is 24.3 Å². The molecule has 25 heavy (non-hydrogen) atoms. The third-order valence-corrected chi connectivity index (χ3v) is 4.09. The smallest absolute Gasteiger partial charge is 0.270 e. The molecule has 1 heterocycles. The maximum Gasteiger partial charge on any atom is 0.270 e. The Balaban J connectivity index is 2.06. The summed E-state index contributed by atoms with van der Waals surface area (Å²) in [4.78, 5) is 12.7. The van der Waals surface area contributed by atoms with Crippen molar-refractivity contribution in [1.82, 2.24) is 15.1 Å². The third-order valence-electron chi connectivity index (χ3n) is 3.76. The van der Waals surface area contributed by atoms with E-state index in [1.54, 1.807) is 10.7 Å². The van der Waals surface area contributed by atoms with Crippen LogP contribution in [-0.2, 0) is 0 Å². The van der Waals surface area contributed by atoms with Crippen molar-refractivity contribution in [2.45, 2.75) is 13.8 Å². The Morgan fingerprint density at radius 1 is 1.12 bits per heavy atom. The Bertz CT molecular complexity index is 872. The predicted molar refractivity (Wildman–Crippen MR) is 101 cm³/mol. The van der Waals surface area contributed by atoms with Crippen LogP contribution in [-0.4, -0.2) is 22.2 Å². The second-order valence-corrected chi connectivity index (χ2v) is 6.65. The van der Waals surface area contributed by atoms with Crippen molar-refractivity contribution < 1.29 is 4.79 Å². The van der Waals surface area contributed by atoms with Crippen LogP contribution in [0.4, 0.5) is 0 Å². The normalized spacial score (nSPS) is 10.9. The number of rotatable bonds is 5. The Morgan fingerprint density at radius 3 is 2.48 bits per heavy atom. The lowest BCUT2D eigenvalue weighted by Crippen LogP contribution is -2.29. The number of nitrogens with one attached hydrogen (secondary N) is 1. The first-order chi connectivity index (χ1) is 12.1. The van der Waals surface area contributed by atoms with E-state index in [1.807, 2.05) is 54.6 Å². The lowest BCUT2D eigenvalue weighted by atomic mass is 10.1. The number of carbonyl (C=O) groups excluding carboxylic acids is 1. The molecule has 1 aromatic heterocycles. The second-order valence-electron chi connectivity index (χ2n) is 6.25. The molecule has 0 aliphatic carbocycles. The summed E-state index contributed by atoms with van der Waals surface area (Å²) in [7, 11) is 0. The van der Waals surface area contributed by atoms with Crippen LogP contribution in [0.2, 0.25) is 5.02 Å². The van der Waals surface area contributed by atoms with Crippen molar-refractivity contribution in [3.05, 3.63) is 71.4 Å². The standard InChI is InChI=1S/C20H20ClN3O/c1-14(2)13-22-20(25)19-12-18(16-10-6-7-11-17(16)21)23-24(19)15-8-4-3-5-9-15/h3-12,14H,13H2,1-2H3,(H,22,25). The van der Waals surface area contributed by atoms with E-state index in [-0.39, 0.29) is 5.91 Å². The van der Waals surface area contributed by atoms with Crippen LogP contribution in [0.25, 0.3) is 16.9 Å². The molecule has 5 heteroatoms. The molecule has 1 N–H and O–H groups in total. The largest absolute Gasteiger partial charge is 0.350 e. The lowest BCUT2D eigenvalue weighted by molar-refractivity contribution is 0.0941. The van der Waals surface area contributed by atoms with Crippen LogP contribution in [0.5, 0.6) is 0 Å². The first kappa shape index (κ1) is 17.2. The van der Waals surface area contributed by atoms with Crippen LogP contribution >= 0.6 is 11.6 Å². The topological polar surface area (TPSA) is 46.9 Å². The molecule has 0 unspecified atom stereocenters. The maximum absolute atomic E-state index is 12.7. The molecule has 0 radical (unpaired) electrons. The van der Waals surface area contributed by atoms with Gasteiger partial charge in [0.15, 0.2) is 0 Å². The molecule has 0 atom stereocenters. The molecule has 0 fully saturated rings. The van der Waals surface area contributed by atoms with Gasteiger partial charge in [-0.2, -0.15) is 5.10 Å². The minimum absolute atomic E-state index is 0.150. The zero-order valence-corrected chi connectivity index (χ0v) is 15.0. The fourth-order valence-corrected chi connectivity index (χ4v) is 2.73. The number of halogens is 1. The molecule has 0 aliphatic rings. The van der Waals surface area contributed by atoms with E-state index >= 15 is 0 Å². The predicted octanol–water partition coefficient (Wildman–Crippen LogP) is 4.58. The van der Waals surface area contributed by atoms with Gasteiger partial charge in [-0.3, -0.25) is 4.79 Å². The number of nitrogens with zero attached hydrogens (tertiary/aromatic N) is 2. The van der Waals surface area contributed by atoms with Gasteiger partial charge >= 0.3 is 0 Å². The summed E-state index contributed by atoms with van der Waals surface area (Å²) in [6, 6.07) is 18.9. The molecule has 128 valence electrons.